The maximum absolute atomic E-state index is 13.3. The average molecular weight is 476 g/mol. The normalized spacial score (nSPS) is 23.6. The summed E-state index contributed by atoms with van der Waals surface area (Å²) in [6, 6.07) is 3.39. The van der Waals surface area contributed by atoms with Crippen LogP contribution in [0.5, 0.6) is 0 Å². The lowest BCUT2D eigenvalue weighted by Crippen LogP contribution is -2.43. The Kier molecular flexibility index (Phi) is 5.86. The van der Waals surface area contributed by atoms with Crippen molar-refractivity contribution < 1.29 is 18.0 Å². The second-order valence-electron chi connectivity index (χ2n) is 9.95. The highest BCUT2D eigenvalue weighted by Crippen LogP contribution is 2.52. The number of hydrogen-bond donors (Lipinski definition) is 3. The molecule has 1 spiro atoms. The summed E-state index contributed by atoms with van der Waals surface area (Å²) in [6.07, 6.45) is 6.81. The van der Waals surface area contributed by atoms with Crippen molar-refractivity contribution in [2.75, 3.05) is 43.3 Å². The van der Waals surface area contributed by atoms with Gasteiger partial charge in [-0.2, -0.15) is 12.7 Å². The molecular formula is C23H33N5O4S. The van der Waals surface area contributed by atoms with Gasteiger partial charge in [0.1, 0.15) is 0 Å². The molecule has 2 saturated heterocycles. The highest BCUT2D eigenvalue weighted by Gasteiger charge is 2.52. The molecule has 0 unspecified atom stereocenters. The Morgan fingerprint density at radius 1 is 1.06 bits per heavy atom. The number of nitrogens with one attached hydrogen (secondary N) is 3. The minimum absolute atomic E-state index is 0.0628. The zero-order chi connectivity index (χ0) is 23.2. The van der Waals surface area contributed by atoms with E-state index in [1.54, 1.807) is 12.1 Å². The molecule has 4 aliphatic rings. The van der Waals surface area contributed by atoms with Crippen molar-refractivity contribution in [3.63, 3.8) is 0 Å². The Balaban J connectivity index is 1.46. The van der Waals surface area contributed by atoms with Crippen LogP contribution in [0.2, 0.25) is 0 Å². The second kappa shape index (κ2) is 8.56. The standard InChI is InChI=1S/C23H33N5O4S/c1-27-12-6-16(7-13-27)24-21(29)18-14-17(26-33(31,32)28-10-3-2-4-11-28)15-19-20(18)25-22(30)23(19)8-5-9-23/h14-16,26H,2-13H2,1H3,(H,24,29)(H,25,30). The summed E-state index contributed by atoms with van der Waals surface area (Å²) in [4.78, 5) is 28.5. The number of piperidine rings is 2. The zero-order valence-electron chi connectivity index (χ0n) is 19.2. The van der Waals surface area contributed by atoms with E-state index in [0.29, 0.717) is 42.9 Å². The van der Waals surface area contributed by atoms with Crippen molar-refractivity contribution in [1.82, 2.24) is 14.5 Å². The fraction of sp³-hybridized carbons (Fsp3) is 0.652. The summed E-state index contributed by atoms with van der Waals surface area (Å²) in [5, 5.41) is 6.05. The SMILES string of the molecule is CN1CCC(NC(=O)c2cc(NS(=O)(=O)N3CCCCC3)cc3c2NC(=O)C32CCC2)CC1. The molecule has 0 radical (unpaired) electrons. The Bertz CT molecular complexity index is 1050. The molecule has 0 bridgehead atoms. The second-order valence-corrected chi connectivity index (χ2v) is 11.6. The molecular weight excluding hydrogens is 442 g/mol. The smallest absolute Gasteiger partial charge is 0.301 e. The van der Waals surface area contributed by atoms with Gasteiger partial charge in [-0.1, -0.05) is 12.8 Å². The zero-order valence-corrected chi connectivity index (χ0v) is 20.0. The van der Waals surface area contributed by atoms with Gasteiger partial charge in [0.2, 0.25) is 5.91 Å². The minimum atomic E-state index is -3.73. The van der Waals surface area contributed by atoms with Gasteiger partial charge in [0, 0.05) is 19.1 Å². The molecule has 1 aliphatic carbocycles. The molecule has 10 heteroatoms. The Labute approximate surface area is 195 Å². The van der Waals surface area contributed by atoms with E-state index in [1.165, 1.54) is 4.31 Å². The molecule has 1 aromatic rings. The third kappa shape index (κ3) is 4.13. The van der Waals surface area contributed by atoms with Gasteiger partial charge in [-0.25, -0.2) is 0 Å². The number of likely N-dealkylation sites (tertiary alicyclic amines) is 1. The Morgan fingerprint density at radius 3 is 2.39 bits per heavy atom. The largest absolute Gasteiger partial charge is 0.349 e. The van der Waals surface area contributed by atoms with E-state index < -0.39 is 15.6 Å². The quantitative estimate of drug-likeness (QED) is 0.604. The van der Waals surface area contributed by atoms with E-state index in [1.807, 2.05) is 0 Å². The molecule has 180 valence electrons. The number of carbonyl (C=O) groups excluding carboxylic acids is 2. The van der Waals surface area contributed by atoms with E-state index in [2.05, 4.69) is 27.3 Å². The molecule has 3 heterocycles. The number of anilines is 2. The van der Waals surface area contributed by atoms with E-state index in [0.717, 1.165) is 57.2 Å². The molecule has 3 aliphatic heterocycles. The molecule has 5 rings (SSSR count). The van der Waals surface area contributed by atoms with Crippen molar-refractivity contribution in [1.29, 1.82) is 0 Å². The highest BCUT2D eigenvalue weighted by molar-refractivity contribution is 7.90. The third-order valence-corrected chi connectivity index (χ3v) is 9.27. The van der Waals surface area contributed by atoms with Crippen LogP contribution in [0, 0.1) is 0 Å². The lowest BCUT2D eigenvalue weighted by atomic mass is 9.65. The van der Waals surface area contributed by atoms with Crippen molar-refractivity contribution in [3.05, 3.63) is 23.3 Å². The van der Waals surface area contributed by atoms with Crippen LogP contribution in [-0.4, -0.2) is 68.7 Å². The van der Waals surface area contributed by atoms with Crippen LogP contribution in [0.3, 0.4) is 0 Å². The fourth-order valence-corrected chi connectivity index (χ4v) is 6.79. The molecule has 33 heavy (non-hydrogen) atoms. The number of hydrogen-bond acceptors (Lipinski definition) is 5. The van der Waals surface area contributed by atoms with Crippen molar-refractivity contribution in [2.24, 2.45) is 0 Å². The number of carbonyl (C=O) groups is 2. The van der Waals surface area contributed by atoms with Crippen molar-refractivity contribution in [3.8, 4) is 0 Å². The molecule has 2 amide bonds. The molecule has 1 saturated carbocycles. The monoisotopic (exact) mass is 475 g/mol. The first-order chi connectivity index (χ1) is 15.8. The molecule has 3 N–H and O–H groups in total. The fourth-order valence-electron chi connectivity index (χ4n) is 5.51. The van der Waals surface area contributed by atoms with Gasteiger partial charge in [0.25, 0.3) is 5.91 Å². The van der Waals surface area contributed by atoms with Gasteiger partial charge in [-0.05, 0) is 76.4 Å². The number of benzene rings is 1. The topological polar surface area (TPSA) is 111 Å². The van der Waals surface area contributed by atoms with E-state index in [4.69, 9.17) is 0 Å². The van der Waals surface area contributed by atoms with Gasteiger partial charge in [0.15, 0.2) is 0 Å². The van der Waals surface area contributed by atoms with Gasteiger partial charge >= 0.3 is 10.2 Å². The first-order valence-electron chi connectivity index (χ1n) is 12.1. The number of fused-ring (bicyclic) bond motifs is 2. The minimum Gasteiger partial charge on any atom is -0.349 e. The summed E-state index contributed by atoms with van der Waals surface area (Å²) in [5.41, 5.74) is 1.30. The van der Waals surface area contributed by atoms with Gasteiger partial charge in [-0.3, -0.25) is 14.3 Å². The van der Waals surface area contributed by atoms with Crippen molar-refractivity contribution in [2.45, 2.75) is 62.8 Å². The molecule has 1 aromatic carbocycles. The van der Waals surface area contributed by atoms with Gasteiger partial charge in [0.05, 0.1) is 22.4 Å². The number of rotatable bonds is 5. The number of amides is 2. The lowest BCUT2D eigenvalue weighted by molar-refractivity contribution is -0.123. The predicted octanol–water partition coefficient (Wildman–Crippen LogP) is 2.03. The summed E-state index contributed by atoms with van der Waals surface area (Å²) in [6.45, 7) is 2.82. The summed E-state index contributed by atoms with van der Waals surface area (Å²) < 4.78 is 30.2. The summed E-state index contributed by atoms with van der Waals surface area (Å²) >= 11 is 0. The van der Waals surface area contributed by atoms with Crippen LogP contribution >= 0.6 is 0 Å². The van der Waals surface area contributed by atoms with Crippen LogP contribution in [0.15, 0.2) is 12.1 Å². The maximum atomic E-state index is 13.3. The van der Waals surface area contributed by atoms with Crippen LogP contribution < -0.4 is 15.4 Å². The van der Waals surface area contributed by atoms with Gasteiger partial charge in [-0.15, -0.1) is 0 Å². The van der Waals surface area contributed by atoms with Crippen molar-refractivity contribution >= 4 is 33.4 Å². The van der Waals surface area contributed by atoms with Crippen LogP contribution in [0.1, 0.15) is 67.3 Å². The predicted molar refractivity (Wildman–Crippen MR) is 127 cm³/mol. The number of nitrogens with zero attached hydrogens (tertiary/aromatic N) is 2. The van der Waals surface area contributed by atoms with E-state index in [9.17, 15) is 18.0 Å². The first-order valence-corrected chi connectivity index (χ1v) is 13.5. The molecule has 9 nitrogen and oxygen atoms in total. The lowest BCUT2D eigenvalue weighted by Gasteiger charge is -2.36. The summed E-state index contributed by atoms with van der Waals surface area (Å²) in [7, 11) is -1.66. The first kappa shape index (κ1) is 22.6. The Hall–Kier alpha value is -2.17. The average Bonchev–Trinajstić information content (AvgIpc) is 3.07. The maximum Gasteiger partial charge on any atom is 0.301 e. The third-order valence-electron chi connectivity index (χ3n) is 7.73. The molecule has 0 aromatic heterocycles. The van der Waals surface area contributed by atoms with Gasteiger partial charge < -0.3 is 15.5 Å². The van der Waals surface area contributed by atoms with Crippen LogP contribution in [-0.2, 0) is 20.4 Å². The van der Waals surface area contributed by atoms with E-state index in [-0.39, 0.29) is 17.9 Å². The van der Waals surface area contributed by atoms with E-state index >= 15 is 0 Å². The Morgan fingerprint density at radius 2 is 1.76 bits per heavy atom. The van der Waals surface area contributed by atoms with Crippen LogP contribution in [0.25, 0.3) is 0 Å². The van der Waals surface area contributed by atoms with Crippen LogP contribution in [0.4, 0.5) is 11.4 Å². The molecule has 0 atom stereocenters. The molecule has 3 fully saturated rings. The highest BCUT2D eigenvalue weighted by atomic mass is 32.2. The summed E-state index contributed by atoms with van der Waals surface area (Å²) in [5.74, 6) is -0.357.